The topological polar surface area (TPSA) is 104 Å². The molecule has 1 fully saturated rings. The molecule has 3 aromatic carbocycles. The SMILES string of the molecule is O=C(CSc1ccccc1)N[C@@H]1C(=O)N2C(C(=O)OC(c3ccccc3)c3ccccc3)=C(SCc3cn[nH]c3)CS[C@@H]12. The highest BCUT2D eigenvalue weighted by Crippen LogP contribution is 2.45. The van der Waals surface area contributed by atoms with Gasteiger partial charge in [0.1, 0.15) is 17.1 Å². The number of amides is 2. The second kappa shape index (κ2) is 13.6. The number of nitrogens with one attached hydrogen (secondary N) is 2. The van der Waals surface area contributed by atoms with Gasteiger partial charge in [-0.25, -0.2) is 4.79 Å². The minimum atomic E-state index is -0.712. The van der Waals surface area contributed by atoms with E-state index in [1.165, 1.54) is 40.2 Å². The Morgan fingerprint density at radius 1 is 0.977 bits per heavy atom. The van der Waals surface area contributed by atoms with E-state index in [-0.39, 0.29) is 23.3 Å². The number of benzene rings is 3. The van der Waals surface area contributed by atoms with Crippen molar-refractivity contribution < 1.29 is 19.1 Å². The summed E-state index contributed by atoms with van der Waals surface area (Å²) >= 11 is 4.43. The molecule has 1 aromatic heterocycles. The Morgan fingerprint density at radius 3 is 2.26 bits per heavy atom. The first-order valence-electron chi connectivity index (χ1n) is 13.6. The number of fused-ring (bicyclic) bond motifs is 1. The number of H-pyrrole nitrogens is 1. The number of hydrogen-bond acceptors (Lipinski definition) is 8. The zero-order valence-electron chi connectivity index (χ0n) is 22.9. The van der Waals surface area contributed by atoms with Gasteiger partial charge in [-0.15, -0.1) is 35.3 Å². The van der Waals surface area contributed by atoms with Crippen LogP contribution in [0.5, 0.6) is 0 Å². The van der Waals surface area contributed by atoms with E-state index in [0.717, 1.165) is 26.5 Å². The van der Waals surface area contributed by atoms with E-state index in [1.54, 1.807) is 12.4 Å². The monoisotopic (exact) mass is 628 g/mol. The number of ether oxygens (including phenoxy) is 1. The second-order valence-electron chi connectivity index (χ2n) is 9.83. The van der Waals surface area contributed by atoms with E-state index in [9.17, 15) is 14.4 Å². The summed E-state index contributed by atoms with van der Waals surface area (Å²) < 4.78 is 6.21. The van der Waals surface area contributed by atoms with Gasteiger partial charge in [0.15, 0.2) is 6.10 Å². The lowest BCUT2D eigenvalue weighted by atomic mass is 10.0. The van der Waals surface area contributed by atoms with Gasteiger partial charge < -0.3 is 10.1 Å². The first-order valence-corrected chi connectivity index (χ1v) is 16.7. The minimum absolute atomic E-state index is 0.192. The summed E-state index contributed by atoms with van der Waals surface area (Å²) in [6, 6.07) is 28.0. The lowest BCUT2D eigenvalue weighted by molar-refractivity contribution is -0.154. The van der Waals surface area contributed by atoms with Crippen molar-refractivity contribution in [2.75, 3.05) is 11.5 Å². The Bertz CT molecular complexity index is 1560. The van der Waals surface area contributed by atoms with E-state index < -0.39 is 23.5 Å². The molecule has 2 N–H and O–H groups in total. The van der Waals surface area contributed by atoms with Crippen LogP contribution in [0.15, 0.2) is 119 Å². The molecule has 0 spiro atoms. The molecule has 0 aliphatic carbocycles. The summed E-state index contributed by atoms with van der Waals surface area (Å²) in [5.74, 6) is 0.155. The number of rotatable bonds is 11. The number of nitrogens with zero attached hydrogens (tertiary/aromatic N) is 2. The average molecular weight is 629 g/mol. The lowest BCUT2D eigenvalue weighted by Gasteiger charge is -2.49. The first-order chi connectivity index (χ1) is 21.1. The molecular weight excluding hydrogens is 601 g/mol. The van der Waals surface area contributed by atoms with E-state index in [4.69, 9.17) is 4.74 Å². The van der Waals surface area contributed by atoms with E-state index in [2.05, 4.69) is 15.5 Å². The Kier molecular flexibility index (Phi) is 9.21. The van der Waals surface area contributed by atoms with Gasteiger partial charge in [-0.1, -0.05) is 78.9 Å². The maximum Gasteiger partial charge on any atom is 0.356 e. The van der Waals surface area contributed by atoms with Crippen LogP contribution in [0.4, 0.5) is 0 Å². The number of hydrogen-bond donors (Lipinski definition) is 2. The molecule has 0 saturated carbocycles. The summed E-state index contributed by atoms with van der Waals surface area (Å²) in [6.45, 7) is 0. The van der Waals surface area contributed by atoms with Gasteiger partial charge >= 0.3 is 5.97 Å². The summed E-state index contributed by atoms with van der Waals surface area (Å²) in [7, 11) is 0. The summed E-state index contributed by atoms with van der Waals surface area (Å²) in [6.07, 6.45) is 2.88. The maximum absolute atomic E-state index is 14.0. The molecule has 1 saturated heterocycles. The Labute approximate surface area is 262 Å². The molecule has 0 radical (unpaired) electrons. The smallest absolute Gasteiger partial charge is 0.356 e. The van der Waals surface area contributed by atoms with Gasteiger partial charge in [-0.05, 0) is 23.3 Å². The molecule has 6 rings (SSSR count). The van der Waals surface area contributed by atoms with Crippen molar-refractivity contribution in [1.82, 2.24) is 20.4 Å². The maximum atomic E-state index is 14.0. The third-order valence-corrected chi connectivity index (χ3v) is 10.6. The average Bonchev–Trinajstić information content (AvgIpc) is 3.59. The minimum Gasteiger partial charge on any atom is -0.448 e. The molecule has 43 heavy (non-hydrogen) atoms. The fraction of sp³-hybridized carbons (Fsp3) is 0.188. The van der Waals surface area contributed by atoms with Gasteiger partial charge in [0.2, 0.25) is 5.91 Å². The molecule has 2 aliphatic rings. The van der Waals surface area contributed by atoms with Crippen molar-refractivity contribution in [3.05, 3.63) is 131 Å². The van der Waals surface area contributed by atoms with Crippen LogP contribution in [0.2, 0.25) is 0 Å². The molecule has 218 valence electrons. The Morgan fingerprint density at radius 2 is 1.63 bits per heavy atom. The van der Waals surface area contributed by atoms with Crippen LogP contribution in [0.3, 0.4) is 0 Å². The Hall–Kier alpha value is -3.93. The third-order valence-electron chi connectivity index (χ3n) is 6.95. The molecule has 8 nitrogen and oxygen atoms in total. The largest absolute Gasteiger partial charge is 0.448 e. The van der Waals surface area contributed by atoms with Crippen molar-refractivity contribution in [3.8, 4) is 0 Å². The molecule has 0 unspecified atom stereocenters. The van der Waals surface area contributed by atoms with Crippen molar-refractivity contribution in [2.24, 2.45) is 0 Å². The van der Waals surface area contributed by atoms with Crippen LogP contribution in [0.1, 0.15) is 22.8 Å². The predicted octanol–water partition coefficient (Wildman–Crippen LogP) is 5.38. The fourth-order valence-corrected chi connectivity index (χ4v) is 8.13. The van der Waals surface area contributed by atoms with Crippen LogP contribution in [-0.2, 0) is 24.9 Å². The van der Waals surface area contributed by atoms with Crippen LogP contribution >= 0.6 is 35.3 Å². The molecule has 11 heteroatoms. The molecule has 3 heterocycles. The van der Waals surface area contributed by atoms with Gasteiger partial charge in [0.25, 0.3) is 5.91 Å². The summed E-state index contributed by atoms with van der Waals surface area (Å²) in [5, 5.41) is 9.31. The van der Waals surface area contributed by atoms with Crippen molar-refractivity contribution in [2.45, 2.75) is 28.2 Å². The summed E-state index contributed by atoms with van der Waals surface area (Å²) in [4.78, 5) is 43.6. The number of aromatic nitrogens is 2. The number of β-lactam (4-membered cyclic amide) rings is 1. The Balaban J connectivity index is 1.23. The van der Waals surface area contributed by atoms with Crippen molar-refractivity contribution in [1.29, 1.82) is 0 Å². The molecular formula is C32H28N4O4S3. The van der Waals surface area contributed by atoms with E-state index in [0.29, 0.717) is 11.5 Å². The second-order valence-corrected chi connectivity index (χ2v) is 13.1. The number of carbonyl (C=O) groups excluding carboxylic acids is 3. The molecule has 2 aliphatic heterocycles. The highest BCUT2D eigenvalue weighted by atomic mass is 32.2. The zero-order valence-corrected chi connectivity index (χ0v) is 25.4. The van der Waals surface area contributed by atoms with Crippen molar-refractivity contribution >= 4 is 53.1 Å². The van der Waals surface area contributed by atoms with Crippen LogP contribution in [0, 0.1) is 0 Å². The van der Waals surface area contributed by atoms with E-state index in [1.807, 2.05) is 91.0 Å². The van der Waals surface area contributed by atoms with E-state index >= 15 is 0 Å². The highest BCUT2D eigenvalue weighted by molar-refractivity contribution is 8.05. The quantitative estimate of drug-likeness (QED) is 0.130. The van der Waals surface area contributed by atoms with Gasteiger partial charge in [0, 0.05) is 33.1 Å². The third kappa shape index (κ3) is 6.69. The molecule has 4 aromatic rings. The van der Waals surface area contributed by atoms with Gasteiger partial charge in [0.05, 0.1) is 11.9 Å². The summed E-state index contributed by atoms with van der Waals surface area (Å²) in [5.41, 5.74) is 2.86. The van der Waals surface area contributed by atoms with Crippen LogP contribution in [0.25, 0.3) is 0 Å². The highest BCUT2D eigenvalue weighted by Gasteiger charge is 2.54. The normalized spacial score (nSPS) is 17.8. The fourth-order valence-electron chi connectivity index (χ4n) is 4.85. The molecule has 2 atom stereocenters. The van der Waals surface area contributed by atoms with Crippen LogP contribution in [-0.4, -0.2) is 55.8 Å². The van der Waals surface area contributed by atoms with Crippen LogP contribution < -0.4 is 5.32 Å². The molecule has 0 bridgehead atoms. The lowest BCUT2D eigenvalue weighted by Crippen LogP contribution is -2.70. The van der Waals surface area contributed by atoms with Gasteiger partial charge in [-0.3, -0.25) is 19.6 Å². The number of esters is 1. The molecule has 2 amide bonds. The zero-order chi connectivity index (χ0) is 29.6. The first kappa shape index (κ1) is 29.2. The predicted molar refractivity (Wildman–Crippen MR) is 170 cm³/mol. The van der Waals surface area contributed by atoms with Gasteiger partial charge in [-0.2, -0.15) is 5.10 Å². The number of aromatic amines is 1. The van der Waals surface area contributed by atoms with Crippen molar-refractivity contribution in [3.63, 3.8) is 0 Å². The standard InChI is InChI=1S/C32H28N4O4S3/c37-26(20-41-24-14-8-3-9-15-24)35-27-30(38)36-28(25(19-43-31(27)36)42-18-21-16-33-34-17-21)32(39)40-29(22-10-4-1-5-11-22)23-12-6-2-7-13-23/h1-17,27,29,31H,18-20H2,(H,33,34)(H,35,37)/t27-,31+/m1/s1. The number of thioether (sulfide) groups is 3. The number of carbonyl (C=O) groups is 3.